The molecule has 1 aromatic heterocycles. The number of carbonyl (C=O) groups is 1. The van der Waals surface area contributed by atoms with Gasteiger partial charge in [0.25, 0.3) is 0 Å². The van der Waals surface area contributed by atoms with Crippen LogP contribution in [0.5, 0.6) is 0 Å². The molecule has 1 aliphatic heterocycles. The number of fused-ring (bicyclic) bond motifs is 1. The zero-order chi connectivity index (χ0) is 11.7. The van der Waals surface area contributed by atoms with E-state index >= 15 is 0 Å². The molecule has 0 spiro atoms. The highest BCUT2D eigenvalue weighted by atomic mass is 32.1. The Balaban J connectivity index is 1.66. The molecule has 1 amide bonds. The maximum Gasteiger partial charge on any atom is 0.226 e. The Morgan fingerprint density at radius 2 is 2.29 bits per heavy atom. The van der Waals surface area contributed by atoms with Crippen LogP contribution in [0.15, 0.2) is 24.3 Å². The van der Waals surface area contributed by atoms with Crippen LogP contribution in [0.4, 0.5) is 0 Å². The summed E-state index contributed by atoms with van der Waals surface area (Å²) in [4.78, 5) is 16.1. The Morgan fingerprint density at radius 1 is 1.47 bits per heavy atom. The summed E-state index contributed by atoms with van der Waals surface area (Å²) in [6, 6.07) is 8.02. The minimum Gasteiger partial charge on any atom is -0.349 e. The molecular formula is C12H13N3OS. The minimum absolute atomic E-state index is 0.128. The van der Waals surface area contributed by atoms with E-state index < -0.39 is 0 Å². The van der Waals surface area contributed by atoms with Crippen LogP contribution in [0, 0.1) is 5.92 Å². The molecule has 17 heavy (non-hydrogen) atoms. The van der Waals surface area contributed by atoms with Crippen LogP contribution in [-0.4, -0.2) is 24.0 Å². The Morgan fingerprint density at radius 3 is 3.00 bits per heavy atom. The van der Waals surface area contributed by atoms with Gasteiger partial charge in [-0.1, -0.05) is 12.1 Å². The lowest BCUT2D eigenvalue weighted by molar-refractivity contribution is -0.126. The fraction of sp³-hybridized carbons (Fsp3) is 0.333. The Bertz CT molecular complexity index is 514. The van der Waals surface area contributed by atoms with Crippen molar-refractivity contribution in [3.05, 3.63) is 29.3 Å². The molecule has 1 aromatic carbocycles. The van der Waals surface area contributed by atoms with Gasteiger partial charge in [-0.3, -0.25) is 4.79 Å². The third kappa shape index (κ3) is 2.16. The molecule has 0 atom stereocenters. The molecule has 0 radical (unpaired) electrons. The predicted octanol–water partition coefficient (Wildman–Crippen LogP) is 1.13. The highest BCUT2D eigenvalue weighted by molar-refractivity contribution is 7.18. The van der Waals surface area contributed by atoms with Crippen molar-refractivity contribution in [1.82, 2.24) is 15.6 Å². The van der Waals surface area contributed by atoms with Crippen molar-refractivity contribution in [3.8, 4) is 0 Å². The van der Waals surface area contributed by atoms with Crippen molar-refractivity contribution in [1.29, 1.82) is 0 Å². The van der Waals surface area contributed by atoms with Gasteiger partial charge in [-0.25, -0.2) is 4.98 Å². The van der Waals surface area contributed by atoms with Crippen LogP contribution in [0.2, 0.25) is 0 Å². The summed E-state index contributed by atoms with van der Waals surface area (Å²) >= 11 is 1.64. The normalized spacial score (nSPS) is 15.8. The second-order valence-corrected chi connectivity index (χ2v) is 5.26. The molecule has 1 aliphatic rings. The standard InChI is InChI=1S/C12H13N3OS/c16-12(8-5-13-6-8)14-7-11-15-9-3-1-2-4-10(9)17-11/h1-4,8,13H,5-7H2,(H,14,16). The average Bonchev–Trinajstić information content (AvgIpc) is 2.66. The zero-order valence-electron chi connectivity index (χ0n) is 9.27. The van der Waals surface area contributed by atoms with E-state index in [-0.39, 0.29) is 11.8 Å². The summed E-state index contributed by atoms with van der Waals surface area (Å²) < 4.78 is 1.17. The number of thiazole rings is 1. The van der Waals surface area contributed by atoms with Crippen LogP contribution >= 0.6 is 11.3 Å². The molecule has 88 valence electrons. The topological polar surface area (TPSA) is 54.0 Å². The number of nitrogens with one attached hydrogen (secondary N) is 2. The fourth-order valence-electron chi connectivity index (χ4n) is 1.78. The number of rotatable bonds is 3. The molecule has 3 rings (SSSR count). The number of benzene rings is 1. The Labute approximate surface area is 103 Å². The van der Waals surface area contributed by atoms with Gasteiger partial charge in [-0.15, -0.1) is 11.3 Å². The second-order valence-electron chi connectivity index (χ2n) is 4.15. The highest BCUT2D eigenvalue weighted by Gasteiger charge is 2.24. The van der Waals surface area contributed by atoms with E-state index in [1.54, 1.807) is 11.3 Å². The maximum absolute atomic E-state index is 11.6. The van der Waals surface area contributed by atoms with Crippen molar-refractivity contribution < 1.29 is 4.79 Å². The van der Waals surface area contributed by atoms with Gasteiger partial charge in [0.15, 0.2) is 0 Å². The molecule has 4 nitrogen and oxygen atoms in total. The smallest absolute Gasteiger partial charge is 0.226 e. The summed E-state index contributed by atoms with van der Waals surface area (Å²) in [5, 5.41) is 6.98. The third-order valence-corrected chi connectivity index (χ3v) is 3.94. The Kier molecular flexibility index (Phi) is 2.78. The van der Waals surface area contributed by atoms with Gasteiger partial charge in [0.1, 0.15) is 5.01 Å². The van der Waals surface area contributed by atoms with Crippen molar-refractivity contribution in [2.24, 2.45) is 5.92 Å². The van der Waals surface area contributed by atoms with E-state index in [0.29, 0.717) is 6.54 Å². The average molecular weight is 247 g/mol. The largest absolute Gasteiger partial charge is 0.349 e. The van der Waals surface area contributed by atoms with Gasteiger partial charge in [-0.2, -0.15) is 0 Å². The Hall–Kier alpha value is -1.46. The quantitative estimate of drug-likeness (QED) is 0.855. The van der Waals surface area contributed by atoms with E-state index in [9.17, 15) is 4.79 Å². The summed E-state index contributed by atoms with van der Waals surface area (Å²) in [6.07, 6.45) is 0. The maximum atomic E-state index is 11.6. The van der Waals surface area contributed by atoms with Crippen molar-refractivity contribution in [2.75, 3.05) is 13.1 Å². The summed E-state index contributed by atoms with van der Waals surface area (Å²) in [7, 11) is 0. The van der Waals surface area contributed by atoms with Crippen LogP contribution in [-0.2, 0) is 11.3 Å². The number of nitrogens with zero attached hydrogens (tertiary/aromatic N) is 1. The number of carbonyl (C=O) groups excluding carboxylic acids is 1. The SMILES string of the molecule is O=C(NCc1nc2ccccc2s1)C1CNC1. The zero-order valence-corrected chi connectivity index (χ0v) is 10.1. The number of para-hydroxylation sites is 1. The molecule has 0 unspecified atom stereocenters. The number of hydrogen-bond donors (Lipinski definition) is 2. The summed E-state index contributed by atoms with van der Waals surface area (Å²) in [5.74, 6) is 0.271. The predicted molar refractivity (Wildman–Crippen MR) is 67.8 cm³/mol. The summed E-state index contributed by atoms with van der Waals surface area (Å²) in [5.41, 5.74) is 1.01. The molecule has 1 saturated heterocycles. The van der Waals surface area contributed by atoms with E-state index in [1.165, 1.54) is 4.70 Å². The molecule has 2 N–H and O–H groups in total. The van der Waals surface area contributed by atoms with Gasteiger partial charge in [0, 0.05) is 13.1 Å². The van der Waals surface area contributed by atoms with Gasteiger partial charge in [0.05, 0.1) is 22.7 Å². The molecule has 2 aromatic rings. The van der Waals surface area contributed by atoms with Crippen LogP contribution < -0.4 is 10.6 Å². The van der Waals surface area contributed by atoms with E-state index in [2.05, 4.69) is 15.6 Å². The van der Waals surface area contributed by atoms with Crippen LogP contribution in [0.25, 0.3) is 10.2 Å². The monoisotopic (exact) mass is 247 g/mol. The van der Waals surface area contributed by atoms with Gasteiger partial charge < -0.3 is 10.6 Å². The lowest BCUT2D eigenvalue weighted by atomic mass is 10.0. The second kappa shape index (κ2) is 4.43. The molecule has 1 fully saturated rings. The van der Waals surface area contributed by atoms with Crippen molar-refractivity contribution in [3.63, 3.8) is 0 Å². The van der Waals surface area contributed by atoms with E-state index in [0.717, 1.165) is 23.6 Å². The number of aromatic nitrogens is 1. The number of amides is 1. The molecule has 5 heteroatoms. The van der Waals surface area contributed by atoms with Gasteiger partial charge >= 0.3 is 0 Å². The van der Waals surface area contributed by atoms with E-state index in [4.69, 9.17) is 0 Å². The number of hydrogen-bond acceptors (Lipinski definition) is 4. The molecule has 0 saturated carbocycles. The molecule has 0 aliphatic carbocycles. The first-order valence-electron chi connectivity index (χ1n) is 5.66. The van der Waals surface area contributed by atoms with Crippen LogP contribution in [0.1, 0.15) is 5.01 Å². The lowest BCUT2D eigenvalue weighted by Crippen LogP contribution is -2.50. The lowest BCUT2D eigenvalue weighted by Gasteiger charge is -2.25. The van der Waals surface area contributed by atoms with Gasteiger partial charge in [0.2, 0.25) is 5.91 Å². The molecule has 2 heterocycles. The molecular weight excluding hydrogens is 234 g/mol. The first-order chi connectivity index (χ1) is 8.33. The van der Waals surface area contributed by atoms with Crippen molar-refractivity contribution in [2.45, 2.75) is 6.54 Å². The highest BCUT2D eigenvalue weighted by Crippen LogP contribution is 2.21. The third-order valence-electron chi connectivity index (χ3n) is 2.90. The summed E-state index contributed by atoms with van der Waals surface area (Å²) in [6.45, 7) is 2.13. The van der Waals surface area contributed by atoms with Crippen LogP contribution in [0.3, 0.4) is 0 Å². The van der Waals surface area contributed by atoms with Crippen molar-refractivity contribution >= 4 is 27.5 Å². The first kappa shape index (κ1) is 10.7. The van der Waals surface area contributed by atoms with E-state index in [1.807, 2.05) is 24.3 Å². The minimum atomic E-state index is 0.128. The first-order valence-corrected chi connectivity index (χ1v) is 6.47. The molecule has 0 bridgehead atoms. The van der Waals surface area contributed by atoms with Gasteiger partial charge in [-0.05, 0) is 12.1 Å². The fourth-order valence-corrected chi connectivity index (χ4v) is 2.68.